The first kappa shape index (κ1) is 55.0. The molecule has 1 aliphatic rings. The van der Waals surface area contributed by atoms with Crippen molar-refractivity contribution in [3.05, 3.63) is 32.9 Å². The number of halogens is 4. The van der Waals surface area contributed by atoms with Gasteiger partial charge in [0.1, 0.15) is 26.4 Å². The number of hydrogen-bond acceptors (Lipinski definition) is 11. The molecule has 0 fully saturated rings. The maximum atomic E-state index is 13.3. The van der Waals surface area contributed by atoms with Crippen LogP contribution in [0, 0.1) is 3.57 Å². The Morgan fingerprint density at radius 3 is 1.67 bits per heavy atom. The van der Waals surface area contributed by atoms with Crippen molar-refractivity contribution >= 4 is 48.3 Å². The summed E-state index contributed by atoms with van der Waals surface area (Å²) in [4.78, 5) is 47.7. The second-order valence-electron chi connectivity index (χ2n) is 16.9. The minimum Gasteiger partial charge on any atom is -0.462 e. The lowest BCUT2D eigenvalue weighted by molar-refractivity contribution is -0.870. The zero-order chi connectivity index (χ0) is 45.2. The normalized spacial score (nSPS) is 15.0. The van der Waals surface area contributed by atoms with Gasteiger partial charge in [-0.25, -0.2) is 4.57 Å². The second-order valence-corrected chi connectivity index (χ2v) is 19.5. The monoisotopic (exact) mass is 1000 g/mol. The van der Waals surface area contributed by atoms with E-state index < -0.39 is 50.3 Å². The Hall–Kier alpha value is -2.18. The van der Waals surface area contributed by atoms with Gasteiger partial charge in [-0.05, 0) is 47.9 Å². The van der Waals surface area contributed by atoms with Gasteiger partial charge in [-0.3, -0.25) is 23.4 Å². The largest absolute Gasteiger partial charge is 0.472 e. The van der Waals surface area contributed by atoms with Crippen LogP contribution in [0.1, 0.15) is 159 Å². The third kappa shape index (κ3) is 25.0. The molecule has 18 heteroatoms. The van der Waals surface area contributed by atoms with E-state index in [0.717, 1.165) is 44.9 Å². The summed E-state index contributed by atoms with van der Waals surface area (Å²) in [7, 11) is 1.28. The maximum absolute atomic E-state index is 13.3. The highest BCUT2D eigenvalue weighted by Gasteiger charge is 2.65. The van der Waals surface area contributed by atoms with E-state index in [-0.39, 0.29) is 44.6 Å². The van der Waals surface area contributed by atoms with E-state index in [1.54, 1.807) is 0 Å². The van der Waals surface area contributed by atoms with E-state index in [2.05, 4.69) is 17.2 Å². The quantitative estimate of drug-likeness (QED) is 0.0171. The molecule has 0 bridgehead atoms. The standard InChI is InChI=1S/C43H70F3IN3O10P/c1-5-6-7-8-9-10-11-12-13-14-15-18-22-25-40(52)57-33-37(34-59-61(54,55)58-30-29-50(2,3)4)60-41(53)26-23-20-17-16-19-21-24-39(51)56-32-35-27-28-36(31-38(35)47)42(48-49-42)43(44,45)46/h27-28,31,37H,5-26,29-30,32-34H2,1-4H3/p+1/t37-/m1/s1. The number of rotatable bonds is 36. The number of phosphoric acid groups is 1. The second kappa shape index (κ2) is 29.3. The van der Waals surface area contributed by atoms with Gasteiger partial charge in [0.25, 0.3) is 0 Å². The highest BCUT2D eigenvalue weighted by atomic mass is 127. The molecule has 0 spiro atoms. The van der Waals surface area contributed by atoms with E-state index >= 15 is 0 Å². The number of quaternary nitrogens is 1. The topological polar surface area (TPSA) is 159 Å². The molecule has 0 radical (unpaired) electrons. The van der Waals surface area contributed by atoms with E-state index in [4.69, 9.17) is 23.3 Å². The van der Waals surface area contributed by atoms with Gasteiger partial charge < -0.3 is 23.6 Å². The zero-order valence-electron chi connectivity index (χ0n) is 36.8. The Balaban J connectivity index is 1.64. The van der Waals surface area contributed by atoms with Crippen LogP contribution < -0.4 is 0 Å². The average molecular weight is 1000 g/mol. The number of carbonyl (C=O) groups is 3. The van der Waals surface area contributed by atoms with Crippen molar-refractivity contribution in [3.8, 4) is 0 Å². The molecule has 2 atom stereocenters. The van der Waals surface area contributed by atoms with Gasteiger partial charge in [0.2, 0.25) is 0 Å². The highest BCUT2D eigenvalue weighted by Crippen LogP contribution is 2.52. The summed E-state index contributed by atoms with van der Waals surface area (Å²) in [5.74, 6) is -1.39. The van der Waals surface area contributed by atoms with Gasteiger partial charge in [0.05, 0.1) is 27.7 Å². The smallest absolute Gasteiger partial charge is 0.462 e. The van der Waals surface area contributed by atoms with Crippen molar-refractivity contribution in [2.45, 2.75) is 173 Å². The summed E-state index contributed by atoms with van der Waals surface area (Å²) in [6, 6.07) is 4.13. The third-order valence-corrected chi connectivity index (χ3v) is 12.2. The lowest BCUT2D eigenvalue weighted by atomic mass is 10.0. The number of phosphoric ester groups is 1. The van der Waals surface area contributed by atoms with Crippen molar-refractivity contribution in [1.29, 1.82) is 0 Å². The molecule has 0 aliphatic carbocycles. The van der Waals surface area contributed by atoms with Crippen molar-refractivity contribution in [3.63, 3.8) is 0 Å². The predicted molar refractivity (Wildman–Crippen MR) is 234 cm³/mol. The molecule has 1 aromatic rings. The first-order valence-electron chi connectivity index (χ1n) is 22.1. The molecule has 2 rings (SSSR count). The van der Waals surface area contributed by atoms with Crippen molar-refractivity contribution in [1.82, 2.24) is 0 Å². The molecule has 13 nitrogen and oxygen atoms in total. The van der Waals surface area contributed by atoms with Crippen LogP contribution >= 0.6 is 30.4 Å². The Bertz CT molecular complexity index is 1520. The third-order valence-electron chi connectivity index (χ3n) is 10.2. The Kier molecular flexibility index (Phi) is 26.4. The minimum absolute atomic E-state index is 0.0246. The molecular formula is C43H71F3IN3O10P+. The first-order valence-corrected chi connectivity index (χ1v) is 24.7. The van der Waals surface area contributed by atoms with Crippen LogP contribution in [0.5, 0.6) is 0 Å². The van der Waals surface area contributed by atoms with E-state index in [9.17, 15) is 37.0 Å². The fraction of sp³-hybridized carbons (Fsp3) is 0.791. The number of carbonyl (C=O) groups excluding carboxylic acids is 3. The van der Waals surface area contributed by atoms with Crippen molar-refractivity contribution < 1.29 is 64.8 Å². The number of hydrogen-bond donors (Lipinski definition) is 1. The molecule has 1 aliphatic heterocycles. The molecule has 1 heterocycles. The van der Waals surface area contributed by atoms with Gasteiger partial charge in [0.15, 0.2) is 6.10 Å². The molecule has 0 aromatic heterocycles. The highest BCUT2D eigenvalue weighted by molar-refractivity contribution is 14.1. The molecule has 0 amide bonds. The Labute approximate surface area is 374 Å². The lowest BCUT2D eigenvalue weighted by Crippen LogP contribution is -2.37. The van der Waals surface area contributed by atoms with Crippen LogP contribution in [0.15, 0.2) is 28.4 Å². The van der Waals surface area contributed by atoms with Gasteiger partial charge >= 0.3 is 37.6 Å². The predicted octanol–water partition coefficient (Wildman–Crippen LogP) is 11.4. The minimum atomic E-state index is -4.61. The fourth-order valence-corrected chi connectivity index (χ4v) is 7.76. The summed E-state index contributed by atoms with van der Waals surface area (Å²) in [6.07, 6.45) is 14.5. The van der Waals surface area contributed by atoms with Crippen LogP contribution in [0.2, 0.25) is 0 Å². The van der Waals surface area contributed by atoms with Crippen LogP contribution in [0.3, 0.4) is 0 Å². The van der Waals surface area contributed by atoms with Crippen molar-refractivity contribution in [2.75, 3.05) is 47.5 Å². The summed E-state index contributed by atoms with van der Waals surface area (Å²) in [5, 5.41) is 6.43. The Morgan fingerprint density at radius 1 is 0.738 bits per heavy atom. The Morgan fingerprint density at radius 2 is 1.21 bits per heavy atom. The van der Waals surface area contributed by atoms with Gasteiger partial charge in [0, 0.05) is 34.0 Å². The fourth-order valence-electron chi connectivity index (χ4n) is 6.35. The number of alkyl halides is 3. The van der Waals surface area contributed by atoms with E-state index in [0.29, 0.717) is 39.4 Å². The number of benzene rings is 1. The van der Waals surface area contributed by atoms with E-state index in [1.165, 1.54) is 76.0 Å². The van der Waals surface area contributed by atoms with E-state index in [1.807, 2.05) is 43.7 Å². The SMILES string of the molecule is CCCCCCCCCCCCCCCC(=O)OC[C@H](COP(=O)(O)OCC[N+](C)(C)C)OC(=O)CCCCCCCCC(=O)OCc1ccc(C2(C(F)(F)F)N=N2)cc1I. The number of nitrogens with zero attached hydrogens (tertiary/aromatic N) is 3. The summed E-state index contributed by atoms with van der Waals surface area (Å²) >= 11 is 1.90. The molecule has 350 valence electrons. The van der Waals surface area contributed by atoms with Crippen molar-refractivity contribution in [2.24, 2.45) is 10.2 Å². The molecule has 1 aromatic carbocycles. The molecule has 0 saturated heterocycles. The molecule has 1 unspecified atom stereocenters. The molecular weight excluding hydrogens is 933 g/mol. The number of ether oxygens (including phenoxy) is 3. The summed E-state index contributed by atoms with van der Waals surface area (Å²) < 4.78 is 79.9. The van der Waals surface area contributed by atoms with Crippen LogP contribution in [-0.4, -0.2) is 87.1 Å². The number of likely N-dealkylation sites (N-methyl/N-ethyl adjacent to an activating group) is 1. The molecule has 0 saturated carbocycles. The van der Waals surface area contributed by atoms with Crippen LogP contribution in [0.25, 0.3) is 0 Å². The number of esters is 3. The maximum Gasteiger partial charge on any atom is 0.472 e. The van der Waals surface area contributed by atoms with Crippen LogP contribution in [0.4, 0.5) is 13.2 Å². The van der Waals surface area contributed by atoms with Crippen LogP contribution in [-0.2, 0) is 54.5 Å². The summed E-state index contributed by atoms with van der Waals surface area (Å²) in [6.45, 7) is 1.81. The average Bonchev–Trinajstić information content (AvgIpc) is 4.01. The summed E-state index contributed by atoms with van der Waals surface area (Å²) in [5.41, 5.74) is -1.99. The van der Waals surface area contributed by atoms with Gasteiger partial charge in [-0.2, -0.15) is 13.2 Å². The molecule has 61 heavy (non-hydrogen) atoms. The first-order chi connectivity index (χ1) is 28.9. The lowest BCUT2D eigenvalue weighted by Gasteiger charge is -2.24. The van der Waals surface area contributed by atoms with Gasteiger partial charge in [-0.1, -0.05) is 122 Å². The molecule has 1 N–H and O–H groups in total. The number of unbranched alkanes of at least 4 members (excludes halogenated alkanes) is 17. The zero-order valence-corrected chi connectivity index (χ0v) is 39.9. The van der Waals surface area contributed by atoms with Gasteiger partial charge in [-0.15, -0.1) is 10.2 Å².